The lowest BCUT2D eigenvalue weighted by Crippen LogP contribution is -1.87. The molecular weight excluding hydrogens is 268 g/mol. The van der Waals surface area contributed by atoms with Crippen molar-refractivity contribution in [3.05, 3.63) is 71.1 Å². The maximum atomic E-state index is 2.19. The quantitative estimate of drug-likeness (QED) is 0.631. The minimum atomic E-state index is 1.03. The highest BCUT2D eigenvalue weighted by Crippen LogP contribution is 2.33. The molecule has 0 N–H and O–H groups in total. The lowest BCUT2D eigenvalue weighted by Gasteiger charge is -2.09. The van der Waals surface area contributed by atoms with Crippen LogP contribution in [-0.2, 0) is 0 Å². The monoisotopic (exact) mass is 286 g/mol. The molecule has 0 aliphatic rings. The molecule has 0 saturated heterocycles. The summed E-state index contributed by atoms with van der Waals surface area (Å²) in [5, 5.41) is 0. The Balaban J connectivity index is 2.00. The Kier molecular flexibility index (Phi) is 5.62. The van der Waals surface area contributed by atoms with Gasteiger partial charge in [0.25, 0.3) is 0 Å². The fourth-order valence-corrected chi connectivity index (χ4v) is 3.70. The summed E-state index contributed by atoms with van der Waals surface area (Å²) in [5.41, 5.74) is 1.40. The van der Waals surface area contributed by atoms with Gasteiger partial charge in [-0.05, 0) is 43.0 Å². The third kappa shape index (κ3) is 4.81. The first-order chi connectivity index (χ1) is 9.25. The Morgan fingerprint density at radius 1 is 0.789 bits per heavy atom. The number of rotatable bonds is 5. The van der Waals surface area contributed by atoms with Crippen LogP contribution < -0.4 is 0 Å². The molecule has 0 saturated carbocycles. The molecule has 98 valence electrons. The van der Waals surface area contributed by atoms with E-state index in [1.54, 1.807) is 0 Å². The van der Waals surface area contributed by atoms with Crippen LogP contribution >= 0.6 is 23.5 Å². The zero-order valence-corrected chi connectivity index (χ0v) is 12.9. The molecule has 0 spiro atoms. The fraction of sp³-hybridized carbons (Fsp3) is 0.176. The number of thioether (sulfide) groups is 2. The van der Waals surface area contributed by atoms with Gasteiger partial charge in [0.05, 0.1) is 0 Å². The third-order valence-electron chi connectivity index (χ3n) is 2.66. The van der Waals surface area contributed by atoms with Crippen molar-refractivity contribution < 1.29 is 0 Å². The van der Waals surface area contributed by atoms with Crippen molar-refractivity contribution in [2.24, 2.45) is 0 Å². The number of allylic oxidation sites excluding steroid dienone is 1. The van der Waals surface area contributed by atoms with E-state index < -0.39 is 0 Å². The second kappa shape index (κ2) is 7.46. The van der Waals surface area contributed by atoms with Gasteiger partial charge in [0, 0.05) is 15.5 Å². The van der Waals surface area contributed by atoms with Gasteiger partial charge in [-0.3, -0.25) is 0 Å². The Morgan fingerprint density at radius 2 is 1.32 bits per heavy atom. The highest BCUT2D eigenvalue weighted by molar-refractivity contribution is 8.06. The zero-order valence-electron chi connectivity index (χ0n) is 11.3. The number of benzene rings is 2. The number of hydrogen-bond acceptors (Lipinski definition) is 2. The van der Waals surface area contributed by atoms with Crippen LogP contribution in [0.1, 0.15) is 13.8 Å². The van der Waals surface area contributed by atoms with Crippen molar-refractivity contribution >= 4 is 23.5 Å². The summed E-state index contributed by atoms with van der Waals surface area (Å²) in [6.07, 6.45) is 0. The molecular formula is C17H18S2. The van der Waals surface area contributed by atoms with E-state index in [9.17, 15) is 0 Å². The molecule has 2 aromatic rings. The molecule has 0 aromatic heterocycles. The van der Waals surface area contributed by atoms with Gasteiger partial charge in [-0.1, -0.05) is 53.7 Å². The van der Waals surface area contributed by atoms with Crippen LogP contribution in [0.2, 0.25) is 0 Å². The molecule has 2 rings (SSSR count). The molecule has 2 heteroatoms. The zero-order chi connectivity index (χ0) is 13.5. The van der Waals surface area contributed by atoms with E-state index in [4.69, 9.17) is 0 Å². The Hall–Kier alpha value is -1.12. The second-order valence-corrected chi connectivity index (χ2v) is 6.66. The van der Waals surface area contributed by atoms with Crippen molar-refractivity contribution in [3.63, 3.8) is 0 Å². The van der Waals surface area contributed by atoms with Gasteiger partial charge < -0.3 is 0 Å². The SMILES string of the molecule is CC(C)=C(CSc1ccccc1)Sc1ccccc1. The van der Waals surface area contributed by atoms with Gasteiger partial charge in [0.15, 0.2) is 0 Å². The van der Waals surface area contributed by atoms with E-state index in [1.165, 1.54) is 20.3 Å². The summed E-state index contributed by atoms with van der Waals surface area (Å²) < 4.78 is 0. The molecule has 19 heavy (non-hydrogen) atoms. The largest absolute Gasteiger partial charge is 0.121 e. The summed E-state index contributed by atoms with van der Waals surface area (Å²) in [7, 11) is 0. The van der Waals surface area contributed by atoms with Crippen LogP contribution in [0.25, 0.3) is 0 Å². The molecule has 0 radical (unpaired) electrons. The smallest absolute Gasteiger partial charge is 0.0294 e. The Labute approximate surface area is 124 Å². The van der Waals surface area contributed by atoms with Crippen molar-refractivity contribution in [1.82, 2.24) is 0 Å². The van der Waals surface area contributed by atoms with Gasteiger partial charge in [-0.15, -0.1) is 11.8 Å². The van der Waals surface area contributed by atoms with Crippen molar-refractivity contribution in [2.75, 3.05) is 5.75 Å². The van der Waals surface area contributed by atoms with Gasteiger partial charge in [0.2, 0.25) is 0 Å². The van der Waals surface area contributed by atoms with Crippen LogP contribution in [0.15, 0.2) is 80.9 Å². The number of hydrogen-bond donors (Lipinski definition) is 0. The maximum absolute atomic E-state index is 2.19. The van der Waals surface area contributed by atoms with Gasteiger partial charge >= 0.3 is 0 Å². The van der Waals surface area contributed by atoms with E-state index in [0.29, 0.717) is 0 Å². The predicted octanol–water partition coefficient (Wildman–Crippen LogP) is 5.86. The Bertz CT molecular complexity index is 526. The topological polar surface area (TPSA) is 0 Å². The summed E-state index contributed by atoms with van der Waals surface area (Å²) in [6, 6.07) is 21.2. The molecule has 0 unspecified atom stereocenters. The van der Waals surface area contributed by atoms with Crippen molar-refractivity contribution in [1.29, 1.82) is 0 Å². The van der Waals surface area contributed by atoms with E-state index in [-0.39, 0.29) is 0 Å². The first-order valence-electron chi connectivity index (χ1n) is 6.33. The molecule has 0 aliphatic carbocycles. The van der Waals surface area contributed by atoms with Crippen molar-refractivity contribution in [3.8, 4) is 0 Å². The molecule has 0 bridgehead atoms. The van der Waals surface area contributed by atoms with Gasteiger partial charge in [-0.25, -0.2) is 0 Å². The summed E-state index contributed by atoms with van der Waals surface area (Å²) in [6.45, 7) is 4.38. The first kappa shape index (κ1) is 14.3. The van der Waals surface area contributed by atoms with E-state index in [1.807, 2.05) is 23.5 Å². The third-order valence-corrected chi connectivity index (χ3v) is 5.18. The molecule has 0 amide bonds. The molecule has 0 nitrogen and oxygen atoms in total. The lowest BCUT2D eigenvalue weighted by molar-refractivity contribution is 1.34. The normalized spacial score (nSPS) is 10.2. The molecule has 2 aromatic carbocycles. The average Bonchev–Trinajstić information content (AvgIpc) is 2.45. The minimum Gasteiger partial charge on any atom is -0.121 e. The predicted molar refractivity (Wildman–Crippen MR) is 87.8 cm³/mol. The van der Waals surface area contributed by atoms with Crippen molar-refractivity contribution in [2.45, 2.75) is 23.6 Å². The summed E-state index contributed by atoms with van der Waals surface area (Å²) in [5.74, 6) is 1.03. The Morgan fingerprint density at radius 3 is 1.84 bits per heavy atom. The van der Waals surface area contributed by atoms with E-state index in [0.717, 1.165) is 5.75 Å². The lowest BCUT2D eigenvalue weighted by atomic mass is 10.3. The molecule has 0 atom stereocenters. The van der Waals surface area contributed by atoms with Gasteiger partial charge in [-0.2, -0.15) is 0 Å². The molecule has 0 fully saturated rings. The van der Waals surface area contributed by atoms with Crippen LogP contribution in [0.3, 0.4) is 0 Å². The summed E-state index contributed by atoms with van der Waals surface area (Å²) >= 11 is 3.77. The van der Waals surface area contributed by atoms with Crippen LogP contribution in [0, 0.1) is 0 Å². The second-order valence-electron chi connectivity index (χ2n) is 4.44. The van der Waals surface area contributed by atoms with Gasteiger partial charge in [0.1, 0.15) is 0 Å². The van der Waals surface area contributed by atoms with Crippen LogP contribution in [0.4, 0.5) is 0 Å². The van der Waals surface area contributed by atoms with Crippen LogP contribution in [0.5, 0.6) is 0 Å². The molecule has 0 heterocycles. The maximum Gasteiger partial charge on any atom is 0.0294 e. The highest BCUT2D eigenvalue weighted by Gasteiger charge is 2.04. The fourth-order valence-electron chi connectivity index (χ4n) is 1.57. The first-order valence-corrected chi connectivity index (χ1v) is 8.13. The van der Waals surface area contributed by atoms with E-state index in [2.05, 4.69) is 74.5 Å². The standard InChI is InChI=1S/C17H18S2/c1-14(2)17(19-16-11-7-4-8-12-16)13-18-15-9-5-3-6-10-15/h3-12H,13H2,1-2H3. The van der Waals surface area contributed by atoms with Crippen LogP contribution in [-0.4, -0.2) is 5.75 Å². The minimum absolute atomic E-state index is 1.03. The molecule has 0 aliphatic heterocycles. The highest BCUT2D eigenvalue weighted by atomic mass is 32.2. The van der Waals surface area contributed by atoms with E-state index >= 15 is 0 Å². The average molecular weight is 286 g/mol. The summed E-state index contributed by atoms with van der Waals surface area (Å²) in [4.78, 5) is 4.09.